The van der Waals surface area contributed by atoms with E-state index in [1.165, 1.54) is 0 Å². The van der Waals surface area contributed by atoms with Gasteiger partial charge in [0.2, 0.25) is 0 Å². The summed E-state index contributed by atoms with van der Waals surface area (Å²) >= 11 is 3.28. The van der Waals surface area contributed by atoms with Crippen molar-refractivity contribution in [3.63, 3.8) is 0 Å². The van der Waals surface area contributed by atoms with E-state index in [1.54, 1.807) is 12.1 Å². The zero-order valence-electron chi connectivity index (χ0n) is 9.10. The Morgan fingerprint density at radius 3 is 2.71 bits per heavy atom. The molecule has 0 amide bonds. The fourth-order valence-electron chi connectivity index (χ4n) is 1.66. The van der Waals surface area contributed by atoms with Gasteiger partial charge < -0.3 is 15.0 Å². The summed E-state index contributed by atoms with van der Waals surface area (Å²) in [4.78, 5) is 21.1. The summed E-state index contributed by atoms with van der Waals surface area (Å²) in [6.07, 6.45) is 0.217. The number of hydrogen-bond donors (Lipinski definition) is 2. The minimum absolute atomic E-state index is 0.373. The van der Waals surface area contributed by atoms with Gasteiger partial charge in [-0.05, 0) is 23.1 Å². The molecule has 0 fully saturated rings. The maximum absolute atomic E-state index is 10.8. The highest BCUT2D eigenvalue weighted by Crippen LogP contribution is 2.25. The maximum Gasteiger partial charge on any atom is 0.337 e. The molecule has 4 nitrogen and oxygen atoms in total. The number of hydrogen-bond acceptors (Lipinski definition) is 3. The molecule has 0 aromatic heterocycles. The summed E-state index contributed by atoms with van der Waals surface area (Å²) in [5.74, 6) is -1.28. The van der Waals surface area contributed by atoms with Gasteiger partial charge in [0, 0.05) is 11.8 Å². The van der Waals surface area contributed by atoms with Crippen molar-refractivity contribution >= 4 is 28.2 Å². The Bertz CT molecular complexity index is 417. The third-order valence-electron chi connectivity index (χ3n) is 2.50. The summed E-state index contributed by atoms with van der Waals surface area (Å²) < 4.78 is 0. The van der Waals surface area contributed by atoms with E-state index in [2.05, 4.69) is 15.9 Å². The van der Waals surface area contributed by atoms with Gasteiger partial charge in [-0.2, -0.15) is 0 Å². The second kappa shape index (κ2) is 6.51. The molecule has 0 bridgehead atoms. The molecule has 0 saturated carbocycles. The highest BCUT2D eigenvalue weighted by molar-refractivity contribution is 9.08. The Kier molecular flexibility index (Phi) is 5.31. The summed E-state index contributed by atoms with van der Waals surface area (Å²) in [5.41, 5.74) is 1.99. The standard InChI is InChI=1S/C12H13BrO4/c13-7-10-8(4-2-6-14)3-1-5-9(10)11(15)12(16)17/h1,3,5-6,11,15H,2,4,7H2,(H,16,17). The molecule has 0 heterocycles. The van der Waals surface area contributed by atoms with Crippen LogP contribution in [0.4, 0.5) is 0 Å². The van der Waals surface area contributed by atoms with Crippen molar-refractivity contribution in [1.29, 1.82) is 0 Å². The molecule has 5 heteroatoms. The first-order chi connectivity index (χ1) is 8.11. The van der Waals surface area contributed by atoms with Crippen molar-refractivity contribution in [3.8, 4) is 0 Å². The number of aliphatic hydroxyl groups excluding tert-OH is 1. The van der Waals surface area contributed by atoms with E-state index < -0.39 is 12.1 Å². The Labute approximate surface area is 107 Å². The molecule has 17 heavy (non-hydrogen) atoms. The molecule has 0 aliphatic carbocycles. The molecule has 0 radical (unpaired) electrons. The lowest BCUT2D eigenvalue weighted by Crippen LogP contribution is -2.13. The van der Waals surface area contributed by atoms with Crippen LogP contribution in [0.2, 0.25) is 0 Å². The fraction of sp³-hybridized carbons (Fsp3) is 0.333. The number of aliphatic hydroxyl groups is 1. The number of carboxylic acid groups (broad SMARTS) is 1. The lowest BCUT2D eigenvalue weighted by Gasteiger charge is -2.14. The van der Waals surface area contributed by atoms with Crippen molar-refractivity contribution in [2.24, 2.45) is 0 Å². The molecule has 0 aliphatic heterocycles. The minimum atomic E-state index is -1.53. The number of aliphatic carboxylic acids is 1. The third kappa shape index (κ3) is 3.38. The number of aryl methyl sites for hydroxylation is 1. The molecule has 0 aliphatic rings. The zero-order chi connectivity index (χ0) is 12.8. The van der Waals surface area contributed by atoms with Crippen LogP contribution in [-0.2, 0) is 21.3 Å². The van der Waals surface area contributed by atoms with Crippen LogP contribution in [0, 0.1) is 0 Å². The van der Waals surface area contributed by atoms with Gasteiger partial charge >= 0.3 is 5.97 Å². The van der Waals surface area contributed by atoms with Crippen LogP contribution in [0.15, 0.2) is 18.2 Å². The van der Waals surface area contributed by atoms with Crippen LogP contribution in [0.25, 0.3) is 0 Å². The molecule has 1 aromatic rings. The number of carbonyl (C=O) groups is 2. The number of carboxylic acids is 1. The first-order valence-electron chi connectivity index (χ1n) is 5.13. The summed E-state index contributed by atoms with van der Waals surface area (Å²) in [5, 5.41) is 18.8. The molecule has 0 spiro atoms. The fourth-order valence-corrected chi connectivity index (χ4v) is 2.34. The number of halogens is 1. The lowest BCUT2D eigenvalue weighted by atomic mass is 9.96. The van der Waals surface area contributed by atoms with Gasteiger partial charge in [-0.1, -0.05) is 34.1 Å². The van der Waals surface area contributed by atoms with E-state index in [1.807, 2.05) is 6.07 Å². The third-order valence-corrected chi connectivity index (χ3v) is 3.06. The first-order valence-corrected chi connectivity index (χ1v) is 6.25. The van der Waals surface area contributed by atoms with Crippen molar-refractivity contribution in [2.75, 3.05) is 0 Å². The minimum Gasteiger partial charge on any atom is -0.479 e. The van der Waals surface area contributed by atoms with E-state index in [0.717, 1.165) is 17.4 Å². The highest BCUT2D eigenvalue weighted by Gasteiger charge is 2.20. The van der Waals surface area contributed by atoms with Gasteiger partial charge in [-0.3, -0.25) is 0 Å². The van der Waals surface area contributed by atoms with E-state index in [4.69, 9.17) is 5.11 Å². The molecule has 1 unspecified atom stereocenters. The molecule has 92 valence electrons. The molecule has 2 N–H and O–H groups in total. The Morgan fingerprint density at radius 2 is 2.18 bits per heavy atom. The number of benzene rings is 1. The average Bonchev–Trinajstić information content (AvgIpc) is 2.34. The highest BCUT2D eigenvalue weighted by atomic mass is 79.9. The van der Waals surface area contributed by atoms with Crippen molar-refractivity contribution in [1.82, 2.24) is 0 Å². The topological polar surface area (TPSA) is 74.6 Å². The van der Waals surface area contributed by atoms with Crippen LogP contribution in [0.1, 0.15) is 29.2 Å². The Hall–Kier alpha value is -1.20. The SMILES string of the molecule is O=CCCc1cccc(C(O)C(=O)O)c1CBr. The quantitative estimate of drug-likeness (QED) is 0.621. The number of rotatable bonds is 6. The number of carbonyl (C=O) groups excluding carboxylic acids is 1. The summed E-state index contributed by atoms with van der Waals surface area (Å²) in [6, 6.07) is 5.10. The van der Waals surface area contributed by atoms with Gasteiger partial charge in [0.1, 0.15) is 6.29 Å². The van der Waals surface area contributed by atoms with E-state index in [9.17, 15) is 14.7 Å². The van der Waals surface area contributed by atoms with Crippen LogP contribution in [0.3, 0.4) is 0 Å². The normalized spacial score (nSPS) is 12.1. The lowest BCUT2D eigenvalue weighted by molar-refractivity contribution is -0.147. The Morgan fingerprint density at radius 1 is 1.47 bits per heavy atom. The van der Waals surface area contributed by atoms with Crippen LogP contribution in [0.5, 0.6) is 0 Å². The van der Waals surface area contributed by atoms with Crippen molar-refractivity contribution in [3.05, 3.63) is 34.9 Å². The monoisotopic (exact) mass is 300 g/mol. The van der Waals surface area contributed by atoms with Gasteiger partial charge in [0.05, 0.1) is 0 Å². The molecule has 1 aromatic carbocycles. The maximum atomic E-state index is 10.8. The largest absolute Gasteiger partial charge is 0.479 e. The smallest absolute Gasteiger partial charge is 0.337 e. The predicted molar refractivity (Wildman–Crippen MR) is 66.1 cm³/mol. The van der Waals surface area contributed by atoms with Gasteiger partial charge in [-0.15, -0.1) is 0 Å². The summed E-state index contributed by atoms with van der Waals surface area (Å²) in [6.45, 7) is 0. The molecule has 1 rings (SSSR count). The second-order valence-electron chi connectivity index (χ2n) is 3.56. The Balaban J connectivity index is 3.13. The van der Waals surface area contributed by atoms with Crippen LogP contribution in [-0.4, -0.2) is 22.5 Å². The van der Waals surface area contributed by atoms with Crippen molar-refractivity contribution < 1.29 is 19.8 Å². The van der Waals surface area contributed by atoms with E-state index in [-0.39, 0.29) is 0 Å². The molecular formula is C12H13BrO4. The zero-order valence-corrected chi connectivity index (χ0v) is 10.7. The van der Waals surface area contributed by atoms with E-state index >= 15 is 0 Å². The molecule has 1 atom stereocenters. The van der Waals surface area contributed by atoms with Crippen LogP contribution >= 0.6 is 15.9 Å². The number of aldehydes is 1. The van der Waals surface area contributed by atoms with Gasteiger partial charge in [-0.25, -0.2) is 4.79 Å². The van der Waals surface area contributed by atoms with Crippen molar-refractivity contribution in [2.45, 2.75) is 24.3 Å². The predicted octanol–water partition coefficient (Wildman–Crippen LogP) is 1.83. The van der Waals surface area contributed by atoms with Gasteiger partial charge in [0.25, 0.3) is 0 Å². The first kappa shape index (κ1) is 13.9. The molecular weight excluding hydrogens is 288 g/mol. The van der Waals surface area contributed by atoms with Gasteiger partial charge in [0.15, 0.2) is 6.10 Å². The average molecular weight is 301 g/mol. The second-order valence-corrected chi connectivity index (χ2v) is 4.13. The van der Waals surface area contributed by atoms with E-state index in [0.29, 0.717) is 23.7 Å². The number of alkyl halides is 1. The molecule has 0 saturated heterocycles. The van der Waals surface area contributed by atoms with Crippen LogP contribution < -0.4 is 0 Å². The summed E-state index contributed by atoms with van der Waals surface area (Å²) in [7, 11) is 0.